The second-order valence-electron chi connectivity index (χ2n) is 1.34. The number of aliphatic hydroxyl groups is 2. The lowest BCUT2D eigenvalue weighted by molar-refractivity contribution is 0.253. The Hall–Kier alpha value is -0.760. The highest BCUT2D eigenvalue weighted by Crippen LogP contribution is 1.84. The van der Waals surface area contributed by atoms with E-state index in [-0.39, 0.29) is 12.4 Å². The average Bonchev–Trinajstić information content (AvgIpc) is 1.83. The summed E-state index contributed by atoms with van der Waals surface area (Å²) >= 11 is 0. The normalized spacial score (nSPS) is 13.0. The minimum absolute atomic E-state index is 0.0110. The Morgan fingerprint density at radius 3 is 2.62 bits per heavy atom. The molecule has 0 heterocycles. The molecule has 0 aromatic carbocycles. The summed E-state index contributed by atoms with van der Waals surface area (Å²) in [6.45, 7) is 1.55. The van der Waals surface area contributed by atoms with Gasteiger partial charge in [-0.25, -0.2) is 0 Å². The number of rotatable bonds is 2. The predicted octanol–water partition coefficient (Wildman–Crippen LogP) is 0.997. The van der Waals surface area contributed by atoms with Crippen LogP contribution < -0.4 is 0 Å². The fraction of sp³-hybridized carbons (Fsp3) is 0.333. The standard InChI is InChI=1S/C6H10O2/c1-2-3-4-6(8)5-7/h2-4,7-8H,5H2,1H3. The van der Waals surface area contributed by atoms with Gasteiger partial charge in [-0.05, 0) is 13.0 Å². The Balaban J connectivity index is 3.57. The van der Waals surface area contributed by atoms with Crippen molar-refractivity contribution in [1.82, 2.24) is 0 Å². The van der Waals surface area contributed by atoms with Gasteiger partial charge >= 0.3 is 0 Å². The molecule has 0 spiro atoms. The first-order valence-electron chi connectivity index (χ1n) is 2.43. The minimum Gasteiger partial charge on any atom is -0.510 e. The highest BCUT2D eigenvalue weighted by atomic mass is 16.3. The molecule has 0 aromatic rings. The number of hydrogen-bond acceptors (Lipinski definition) is 2. The van der Waals surface area contributed by atoms with Gasteiger partial charge in [0.05, 0.1) is 0 Å². The molecule has 8 heavy (non-hydrogen) atoms. The molecule has 0 aliphatic carbocycles. The van der Waals surface area contributed by atoms with E-state index in [1.807, 2.05) is 6.92 Å². The van der Waals surface area contributed by atoms with Crippen LogP contribution in [0.3, 0.4) is 0 Å². The second-order valence-corrected chi connectivity index (χ2v) is 1.34. The van der Waals surface area contributed by atoms with Gasteiger partial charge in [0.25, 0.3) is 0 Å². The van der Waals surface area contributed by atoms with E-state index in [0.717, 1.165) is 0 Å². The van der Waals surface area contributed by atoms with E-state index in [2.05, 4.69) is 0 Å². The molecule has 46 valence electrons. The van der Waals surface area contributed by atoms with Crippen LogP contribution in [-0.2, 0) is 0 Å². The smallest absolute Gasteiger partial charge is 0.118 e. The lowest BCUT2D eigenvalue weighted by atomic mass is 10.4. The molecule has 2 nitrogen and oxygen atoms in total. The van der Waals surface area contributed by atoms with Crippen molar-refractivity contribution in [3.8, 4) is 0 Å². The molecule has 0 aromatic heterocycles. The third-order valence-corrected chi connectivity index (χ3v) is 0.643. The van der Waals surface area contributed by atoms with Crippen LogP contribution in [0.25, 0.3) is 0 Å². The molecule has 0 aliphatic heterocycles. The summed E-state index contributed by atoms with van der Waals surface area (Å²) < 4.78 is 0. The first-order chi connectivity index (χ1) is 3.81. The Morgan fingerprint density at radius 2 is 2.25 bits per heavy atom. The molecular formula is C6H10O2. The number of hydrogen-bond donors (Lipinski definition) is 2. The number of aliphatic hydroxyl groups excluding tert-OH is 2. The Morgan fingerprint density at radius 1 is 1.62 bits per heavy atom. The molecule has 0 amide bonds. The van der Waals surface area contributed by atoms with E-state index in [1.165, 1.54) is 6.08 Å². The fourth-order valence-electron chi connectivity index (χ4n) is 0.260. The van der Waals surface area contributed by atoms with Crippen molar-refractivity contribution in [2.75, 3.05) is 6.61 Å². The van der Waals surface area contributed by atoms with Crippen LogP contribution in [-0.4, -0.2) is 16.8 Å². The molecular weight excluding hydrogens is 104 g/mol. The van der Waals surface area contributed by atoms with Crippen LogP contribution in [0.15, 0.2) is 24.0 Å². The lowest BCUT2D eigenvalue weighted by Gasteiger charge is -1.86. The van der Waals surface area contributed by atoms with Crippen molar-refractivity contribution in [3.05, 3.63) is 24.0 Å². The molecule has 0 fully saturated rings. The maximum atomic E-state index is 8.55. The summed E-state index contributed by atoms with van der Waals surface area (Å²) in [5.41, 5.74) is 0. The van der Waals surface area contributed by atoms with Crippen LogP contribution in [0.5, 0.6) is 0 Å². The van der Waals surface area contributed by atoms with Gasteiger partial charge < -0.3 is 10.2 Å². The molecule has 0 bridgehead atoms. The van der Waals surface area contributed by atoms with Crippen molar-refractivity contribution in [2.24, 2.45) is 0 Å². The van der Waals surface area contributed by atoms with Crippen LogP contribution in [0.1, 0.15) is 6.92 Å². The average molecular weight is 114 g/mol. The van der Waals surface area contributed by atoms with Crippen molar-refractivity contribution in [1.29, 1.82) is 0 Å². The molecule has 0 saturated heterocycles. The highest BCUT2D eigenvalue weighted by Gasteiger charge is 1.80. The third-order valence-electron chi connectivity index (χ3n) is 0.643. The lowest BCUT2D eigenvalue weighted by Crippen LogP contribution is -1.84. The fourth-order valence-corrected chi connectivity index (χ4v) is 0.260. The summed E-state index contributed by atoms with van der Waals surface area (Å²) in [4.78, 5) is 0. The first kappa shape index (κ1) is 7.24. The maximum absolute atomic E-state index is 8.55. The van der Waals surface area contributed by atoms with Gasteiger partial charge in [-0.3, -0.25) is 0 Å². The zero-order valence-electron chi connectivity index (χ0n) is 4.83. The molecule has 0 aliphatic rings. The van der Waals surface area contributed by atoms with Crippen LogP contribution in [0.2, 0.25) is 0 Å². The van der Waals surface area contributed by atoms with E-state index in [4.69, 9.17) is 10.2 Å². The minimum atomic E-state index is -0.287. The number of allylic oxidation sites excluding steroid dienone is 3. The van der Waals surface area contributed by atoms with Crippen molar-refractivity contribution >= 4 is 0 Å². The van der Waals surface area contributed by atoms with E-state index >= 15 is 0 Å². The largest absolute Gasteiger partial charge is 0.510 e. The van der Waals surface area contributed by atoms with E-state index in [1.54, 1.807) is 12.2 Å². The highest BCUT2D eigenvalue weighted by molar-refractivity contribution is 5.05. The predicted molar refractivity (Wildman–Crippen MR) is 32.6 cm³/mol. The summed E-state index contributed by atoms with van der Waals surface area (Å²) in [6.07, 6.45) is 4.87. The third kappa shape index (κ3) is 3.43. The quantitative estimate of drug-likeness (QED) is 0.415. The monoisotopic (exact) mass is 114 g/mol. The van der Waals surface area contributed by atoms with Gasteiger partial charge in [0.1, 0.15) is 12.4 Å². The summed E-state index contributed by atoms with van der Waals surface area (Å²) in [6, 6.07) is 0. The molecule has 0 saturated carbocycles. The molecule has 2 heteroatoms. The van der Waals surface area contributed by atoms with Crippen molar-refractivity contribution in [2.45, 2.75) is 6.92 Å². The zero-order chi connectivity index (χ0) is 6.41. The molecule has 0 rings (SSSR count). The summed E-state index contributed by atoms with van der Waals surface area (Å²) in [7, 11) is 0. The van der Waals surface area contributed by atoms with E-state index in [9.17, 15) is 0 Å². The van der Waals surface area contributed by atoms with Crippen LogP contribution in [0, 0.1) is 0 Å². The maximum Gasteiger partial charge on any atom is 0.118 e. The zero-order valence-corrected chi connectivity index (χ0v) is 4.83. The molecule has 0 radical (unpaired) electrons. The molecule has 2 N–H and O–H groups in total. The van der Waals surface area contributed by atoms with E-state index < -0.39 is 0 Å². The van der Waals surface area contributed by atoms with Crippen molar-refractivity contribution in [3.63, 3.8) is 0 Å². The van der Waals surface area contributed by atoms with Crippen molar-refractivity contribution < 1.29 is 10.2 Å². The van der Waals surface area contributed by atoms with Crippen LogP contribution in [0.4, 0.5) is 0 Å². The Bertz CT molecular complexity index is 103. The second kappa shape index (κ2) is 4.40. The van der Waals surface area contributed by atoms with Gasteiger partial charge in [0, 0.05) is 0 Å². The Kier molecular flexibility index (Phi) is 3.98. The first-order valence-corrected chi connectivity index (χ1v) is 2.43. The van der Waals surface area contributed by atoms with Gasteiger partial charge in [-0.1, -0.05) is 12.2 Å². The molecule has 0 unspecified atom stereocenters. The Labute approximate surface area is 48.8 Å². The van der Waals surface area contributed by atoms with Crippen LogP contribution >= 0.6 is 0 Å². The molecule has 0 atom stereocenters. The SMILES string of the molecule is CC=CC=C(O)CO. The summed E-state index contributed by atoms with van der Waals surface area (Å²) in [5, 5.41) is 16.8. The van der Waals surface area contributed by atoms with E-state index in [0.29, 0.717) is 0 Å². The van der Waals surface area contributed by atoms with Gasteiger partial charge in [-0.15, -0.1) is 0 Å². The van der Waals surface area contributed by atoms with Gasteiger partial charge in [-0.2, -0.15) is 0 Å². The topological polar surface area (TPSA) is 40.5 Å². The summed E-state index contributed by atoms with van der Waals surface area (Å²) in [5.74, 6) is -0.0110. The van der Waals surface area contributed by atoms with Gasteiger partial charge in [0.2, 0.25) is 0 Å². The van der Waals surface area contributed by atoms with Gasteiger partial charge in [0.15, 0.2) is 0 Å².